The molecule has 6 heteroatoms. The first-order valence-corrected chi connectivity index (χ1v) is 3.61. The van der Waals surface area contributed by atoms with Gasteiger partial charge in [0.25, 0.3) is 6.43 Å². The van der Waals surface area contributed by atoms with Crippen molar-refractivity contribution >= 4 is 0 Å². The molecule has 0 saturated heterocycles. The van der Waals surface area contributed by atoms with Gasteiger partial charge in [0.15, 0.2) is 11.6 Å². The molecule has 3 N–H and O–H groups in total. The molecule has 0 bridgehead atoms. The van der Waals surface area contributed by atoms with Crippen LogP contribution < -0.4 is 5.73 Å². The SMILES string of the molecule is CC[C@H](N)c1n[nH]c(C(F)F)n1. The topological polar surface area (TPSA) is 67.6 Å². The second kappa shape index (κ2) is 3.57. The van der Waals surface area contributed by atoms with Crippen LogP contribution in [0.1, 0.15) is 37.5 Å². The maximum absolute atomic E-state index is 12.0. The van der Waals surface area contributed by atoms with Crippen LogP contribution in [0.25, 0.3) is 0 Å². The number of alkyl halides is 2. The van der Waals surface area contributed by atoms with Crippen LogP contribution in [0.5, 0.6) is 0 Å². The van der Waals surface area contributed by atoms with Crippen LogP contribution in [0.4, 0.5) is 8.78 Å². The van der Waals surface area contributed by atoms with Gasteiger partial charge < -0.3 is 5.73 Å². The highest BCUT2D eigenvalue weighted by atomic mass is 19.3. The number of halogens is 2. The molecule has 0 amide bonds. The molecular weight excluding hydrogens is 166 g/mol. The van der Waals surface area contributed by atoms with Gasteiger partial charge in [0.1, 0.15) is 0 Å². The minimum absolute atomic E-state index is 0.243. The van der Waals surface area contributed by atoms with Gasteiger partial charge in [-0.2, -0.15) is 5.10 Å². The molecule has 0 unspecified atom stereocenters. The van der Waals surface area contributed by atoms with E-state index in [-0.39, 0.29) is 11.9 Å². The summed E-state index contributed by atoms with van der Waals surface area (Å²) in [5.41, 5.74) is 5.52. The third-order valence-electron chi connectivity index (χ3n) is 1.50. The highest BCUT2D eigenvalue weighted by Gasteiger charge is 2.15. The lowest BCUT2D eigenvalue weighted by atomic mass is 10.2. The molecule has 1 heterocycles. The Bertz CT molecular complexity index is 247. The fraction of sp³-hybridized carbons (Fsp3) is 0.667. The van der Waals surface area contributed by atoms with E-state index in [1.54, 1.807) is 0 Å². The molecule has 4 nitrogen and oxygen atoms in total. The Morgan fingerprint density at radius 1 is 1.58 bits per heavy atom. The van der Waals surface area contributed by atoms with E-state index in [0.29, 0.717) is 6.42 Å². The van der Waals surface area contributed by atoms with Crippen molar-refractivity contribution < 1.29 is 8.78 Å². The highest BCUT2D eigenvalue weighted by molar-refractivity contribution is 4.95. The summed E-state index contributed by atoms with van der Waals surface area (Å²) in [5, 5.41) is 5.70. The molecule has 68 valence electrons. The summed E-state index contributed by atoms with van der Waals surface area (Å²) in [4.78, 5) is 3.54. The number of nitrogens with zero attached hydrogens (tertiary/aromatic N) is 2. The predicted molar refractivity (Wildman–Crippen MR) is 38.6 cm³/mol. The summed E-state index contributed by atoms with van der Waals surface area (Å²) in [5.74, 6) is -0.179. The molecule has 1 aromatic heterocycles. The van der Waals surface area contributed by atoms with E-state index < -0.39 is 12.2 Å². The van der Waals surface area contributed by atoms with Gasteiger partial charge in [0.05, 0.1) is 6.04 Å². The Balaban J connectivity index is 2.77. The van der Waals surface area contributed by atoms with Crippen molar-refractivity contribution in [3.05, 3.63) is 11.6 Å². The van der Waals surface area contributed by atoms with Crippen molar-refractivity contribution in [1.29, 1.82) is 0 Å². The Kier molecular flexibility index (Phi) is 2.69. The van der Waals surface area contributed by atoms with E-state index >= 15 is 0 Å². The van der Waals surface area contributed by atoms with E-state index in [9.17, 15) is 8.78 Å². The summed E-state index contributed by atoms with van der Waals surface area (Å²) in [6, 6.07) is -0.367. The van der Waals surface area contributed by atoms with E-state index in [4.69, 9.17) is 5.73 Å². The van der Waals surface area contributed by atoms with Crippen molar-refractivity contribution in [3.63, 3.8) is 0 Å². The maximum atomic E-state index is 12.0. The molecule has 0 aromatic carbocycles. The third-order valence-corrected chi connectivity index (χ3v) is 1.50. The monoisotopic (exact) mass is 176 g/mol. The van der Waals surface area contributed by atoms with Crippen molar-refractivity contribution in [2.45, 2.75) is 25.8 Å². The third kappa shape index (κ3) is 1.76. The van der Waals surface area contributed by atoms with E-state index in [0.717, 1.165) is 0 Å². The van der Waals surface area contributed by atoms with Crippen molar-refractivity contribution in [2.24, 2.45) is 5.73 Å². The van der Waals surface area contributed by atoms with Gasteiger partial charge in [-0.15, -0.1) is 0 Å². The second-order valence-electron chi connectivity index (χ2n) is 2.39. The maximum Gasteiger partial charge on any atom is 0.296 e. The molecule has 0 fully saturated rings. The van der Waals surface area contributed by atoms with E-state index in [1.165, 1.54) is 0 Å². The number of aromatic amines is 1. The lowest BCUT2D eigenvalue weighted by Crippen LogP contribution is -2.10. The second-order valence-corrected chi connectivity index (χ2v) is 2.39. The molecule has 1 rings (SSSR count). The fourth-order valence-corrected chi connectivity index (χ4v) is 0.734. The minimum atomic E-state index is -2.62. The number of aromatic nitrogens is 3. The van der Waals surface area contributed by atoms with E-state index in [1.807, 2.05) is 6.92 Å². The first-order chi connectivity index (χ1) is 5.65. The highest BCUT2D eigenvalue weighted by Crippen LogP contribution is 2.15. The summed E-state index contributed by atoms with van der Waals surface area (Å²) >= 11 is 0. The van der Waals surface area contributed by atoms with Crippen LogP contribution in [0, 0.1) is 0 Å². The summed E-state index contributed by atoms with van der Waals surface area (Å²) < 4.78 is 23.9. The molecule has 1 aromatic rings. The molecule has 1 atom stereocenters. The summed E-state index contributed by atoms with van der Waals surface area (Å²) in [6.45, 7) is 1.84. The molecule has 12 heavy (non-hydrogen) atoms. The van der Waals surface area contributed by atoms with Crippen LogP contribution in [0.2, 0.25) is 0 Å². The number of nitrogens with one attached hydrogen (secondary N) is 1. The molecule has 0 aliphatic rings. The van der Waals surface area contributed by atoms with Gasteiger partial charge >= 0.3 is 0 Å². The minimum Gasteiger partial charge on any atom is -0.321 e. The predicted octanol–water partition coefficient (Wildman–Crippen LogP) is 1.15. The number of H-pyrrole nitrogens is 1. The van der Waals surface area contributed by atoms with Gasteiger partial charge in [-0.1, -0.05) is 6.92 Å². The molecule has 0 radical (unpaired) electrons. The summed E-state index contributed by atoms with van der Waals surface area (Å²) in [7, 11) is 0. The average molecular weight is 176 g/mol. The largest absolute Gasteiger partial charge is 0.321 e. The molecule has 0 aliphatic heterocycles. The lowest BCUT2D eigenvalue weighted by molar-refractivity contribution is 0.140. The van der Waals surface area contributed by atoms with Crippen LogP contribution >= 0.6 is 0 Å². The number of hydrogen-bond acceptors (Lipinski definition) is 3. The zero-order valence-corrected chi connectivity index (χ0v) is 6.59. The van der Waals surface area contributed by atoms with Gasteiger partial charge in [0.2, 0.25) is 0 Å². The standard InChI is InChI=1S/C6H10F2N4/c1-2-3(9)5-10-6(4(7)8)12-11-5/h3-4H,2,9H2,1H3,(H,10,11,12)/t3-/m0/s1. The Morgan fingerprint density at radius 2 is 2.25 bits per heavy atom. The Hall–Kier alpha value is -1.04. The zero-order valence-electron chi connectivity index (χ0n) is 6.59. The van der Waals surface area contributed by atoms with E-state index in [2.05, 4.69) is 15.2 Å². The first-order valence-electron chi connectivity index (χ1n) is 3.61. The van der Waals surface area contributed by atoms with Crippen LogP contribution in [-0.2, 0) is 0 Å². The molecule has 0 saturated carbocycles. The smallest absolute Gasteiger partial charge is 0.296 e. The zero-order chi connectivity index (χ0) is 9.14. The van der Waals surface area contributed by atoms with Crippen LogP contribution in [0.15, 0.2) is 0 Å². The fourth-order valence-electron chi connectivity index (χ4n) is 0.734. The Labute approximate surface area is 68.2 Å². The van der Waals surface area contributed by atoms with Gasteiger partial charge in [-0.05, 0) is 6.42 Å². The van der Waals surface area contributed by atoms with Gasteiger partial charge in [-0.25, -0.2) is 13.8 Å². The molecule has 0 aliphatic carbocycles. The number of nitrogens with two attached hydrogens (primary N) is 1. The first kappa shape index (κ1) is 9.05. The van der Waals surface area contributed by atoms with Crippen molar-refractivity contribution in [1.82, 2.24) is 15.2 Å². The quantitative estimate of drug-likeness (QED) is 0.725. The normalized spacial score (nSPS) is 13.8. The van der Waals surface area contributed by atoms with Gasteiger partial charge in [0, 0.05) is 0 Å². The van der Waals surface area contributed by atoms with Crippen molar-refractivity contribution in [3.8, 4) is 0 Å². The van der Waals surface area contributed by atoms with Gasteiger partial charge in [-0.3, -0.25) is 5.10 Å². The Morgan fingerprint density at radius 3 is 2.67 bits per heavy atom. The number of rotatable bonds is 3. The van der Waals surface area contributed by atoms with Crippen LogP contribution in [-0.4, -0.2) is 15.2 Å². The molecular formula is C6H10F2N4. The number of hydrogen-bond donors (Lipinski definition) is 2. The average Bonchev–Trinajstić information content (AvgIpc) is 2.51. The van der Waals surface area contributed by atoms with Crippen LogP contribution in [0.3, 0.4) is 0 Å². The lowest BCUT2D eigenvalue weighted by Gasteiger charge is -2.00. The summed E-state index contributed by atoms with van der Waals surface area (Å²) in [6.07, 6.45) is -1.99. The van der Waals surface area contributed by atoms with Crippen molar-refractivity contribution in [2.75, 3.05) is 0 Å². The molecule has 0 spiro atoms.